The van der Waals surface area contributed by atoms with Gasteiger partial charge in [0.25, 0.3) is 0 Å². The Morgan fingerprint density at radius 2 is 1.81 bits per heavy atom. The summed E-state index contributed by atoms with van der Waals surface area (Å²) in [6.45, 7) is 7.14. The molecule has 1 N–H and O–H groups in total. The molecule has 0 bridgehead atoms. The Labute approximate surface area is 155 Å². The Kier molecular flexibility index (Phi) is 4.56. The van der Waals surface area contributed by atoms with Crippen LogP contribution in [-0.4, -0.2) is 21.1 Å². The van der Waals surface area contributed by atoms with Crippen LogP contribution in [0.4, 0.5) is 0 Å². The molecule has 26 heavy (non-hydrogen) atoms. The summed E-state index contributed by atoms with van der Waals surface area (Å²) in [4.78, 5) is 2.50. The number of rotatable bonds is 3. The highest BCUT2D eigenvalue weighted by Gasteiger charge is 2.28. The average molecular weight is 346 g/mol. The molecular weight excluding hydrogens is 320 g/mol. The summed E-state index contributed by atoms with van der Waals surface area (Å²) >= 11 is 0. The summed E-state index contributed by atoms with van der Waals surface area (Å²) in [5.74, 6) is 0.381. The number of aromatic hydroxyl groups is 1. The van der Waals surface area contributed by atoms with E-state index >= 15 is 0 Å². The van der Waals surface area contributed by atoms with Gasteiger partial charge in [-0.1, -0.05) is 36.4 Å². The van der Waals surface area contributed by atoms with Crippen LogP contribution in [0.15, 0.2) is 60.8 Å². The number of aromatic nitrogens is 1. The normalized spacial score (nSPS) is 17.7. The van der Waals surface area contributed by atoms with E-state index in [4.69, 9.17) is 0 Å². The summed E-state index contributed by atoms with van der Waals surface area (Å²) < 4.78 is 2.38. The first-order chi connectivity index (χ1) is 12.6. The van der Waals surface area contributed by atoms with Crippen molar-refractivity contribution in [1.29, 1.82) is 0 Å². The van der Waals surface area contributed by atoms with Gasteiger partial charge in [0.1, 0.15) is 5.75 Å². The first-order valence-corrected chi connectivity index (χ1v) is 9.36. The van der Waals surface area contributed by atoms with Crippen molar-refractivity contribution in [3.63, 3.8) is 0 Å². The summed E-state index contributed by atoms with van der Waals surface area (Å²) in [5.41, 5.74) is 6.30. The lowest BCUT2D eigenvalue weighted by Gasteiger charge is -2.31. The van der Waals surface area contributed by atoms with Crippen LogP contribution in [0.5, 0.6) is 5.75 Å². The van der Waals surface area contributed by atoms with Crippen molar-refractivity contribution in [3.8, 4) is 5.75 Å². The molecule has 1 aromatic heterocycles. The van der Waals surface area contributed by atoms with Crippen LogP contribution in [0.2, 0.25) is 0 Å². The Morgan fingerprint density at radius 3 is 2.62 bits per heavy atom. The van der Waals surface area contributed by atoms with Gasteiger partial charge >= 0.3 is 0 Å². The zero-order valence-corrected chi connectivity index (χ0v) is 15.5. The SMILES string of the molecule is Cc1ccc([C@@H]2c3cccn3CCCN2Cc2ccccc2O)cc1C. The van der Waals surface area contributed by atoms with E-state index in [9.17, 15) is 5.11 Å². The van der Waals surface area contributed by atoms with Crippen molar-refractivity contribution in [2.75, 3.05) is 6.54 Å². The summed E-state index contributed by atoms with van der Waals surface area (Å²) in [6.07, 6.45) is 3.30. The third-order valence-corrected chi connectivity index (χ3v) is 5.57. The lowest BCUT2D eigenvalue weighted by molar-refractivity contribution is 0.217. The zero-order chi connectivity index (χ0) is 18.1. The maximum atomic E-state index is 10.3. The van der Waals surface area contributed by atoms with Crippen molar-refractivity contribution in [3.05, 3.63) is 88.7 Å². The minimum absolute atomic E-state index is 0.200. The smallest absolute Gasteiger partial charge is 0.120 e. The molecule has 0 spiro atoms. The Balaban J connectivity index is 1.78. The van der Waals surface area contributed by atoms with Crippen molar-refractivity contribution in [2.45, 2.75) is 39.4 Å². The topological polar surface area (TPSA) is 28.4 Å². The fourth-order valence-corrected chi connectivity index (χ4v) is 3.99. The third kappa shape index (κ3) is 3.15. The quantitative estimate of drug-likeness (QED) is 0.737. The molecule has 3 heteroatoms. The van der Waals surface area contributed by atoms with Crippen LogP contribution in [0, 0.1) is 13.8 Å². The minimum Gasteiger partial charge on any atom is -0.508 e. The van der Waals surface area contributed by atoms with Crippen LogP contribution in [0.25, 0.3) is 0 Å². The maximum absolute atomic E-state index is 10.3. The molecule has 3 nitrogen and oxygen atoms in total. The Hall–Kier alpha value is -2.52. The van der Waals surface area contributed by atoms with Gasteiger partial charge in [-0.05, 0) is 55.2 Å². The van der Waals surface area contributed by atoms with Crippen LogP contribution >= 0.6 is 0 Å². The molecule has 0 saturated heterocycles. The molecule has 0 fully saturated rings. The van der Waals surface area contributed by atoms with Crippen LogP contribution < -0.4 is 0 Å². The molecule has 134 valence electrons. The number of para-hydroxylation sites is 1. The Morgan fingerprint density at radius 1 is 0.962 bits per heavy atom. The van der Waals surface area contributed by atoms with Crippen molar-refractivity contribution in [1.82, 2.24) is 9.47 Å². The molecule has 0 radical (unpaired) electrons. The average Bonchev–Trinajstić information content (AvgIpc) is 3.01. The summed E-state index contributed by atoms with van der Waals surface area (Å²) in [6, 6.07) is 19.1. The van der Waals surface area contributed by atoms with Gasteiger partial charge in [-0.3, -0.25) is 4.90 Å². The molecule has 0 amide bonds. The van der Waals surface area contributed by atoms with Gasteiger partial charge in [0.15, 0.2) is 0 Å². The molecule has 1 aliphatic rings. The largest absolute Gasteiger partial charge is 0.508 e. The second kappa shape index (κ2) is 7.00. The van der Waals surface area contributed by atoms with E-state index in [2.05, 4.69) is 59.8 Å². The van der Waals surface area contributed by atoms with E-state index in [0.29, 0.717) is 5.75 Å². The van der Waals surface area contributed by atoms with Crippen LogP contribution in [-0.2, 0) is 13.1 Å². The number of aryl methyl sites for hydroxylation is 3. The first-order valence-electron chi connectivity index (χ1n) is 9.36. The van der Waals surface area contributed by atoms with E-state index in [1.807, 2.05) is 18.2 Å². The molecule has 2 aromatic carbocycles. The van der Waals surface area contributed by atoms with Gasteiger partial charge in [0.2, 0.25) is 0 Å². The van der Waals surface area contributed by atoms with Crippen LogP contribution in [0.1, 0.15) is 40.4 Å². The molecule has 1 aliphatic heterocycles. The van der Waals surface area contributed by atoms with E-state index in [1.54, 1.807) is 6.07 Å². The lowest BCUT2D eigenvalue weighted by atomic mass is 9.97. The molecule has 1 atom stereocenters. The lowest BCUT2D eigenvalue weighted by Crippen LogP contribution is -2.29. The van der Waals surface area contributed by atoms with Crippen molar-refractivity contribution in [2.24, 2.45) is 0 Å². The van der Waals surface area contributed by atoms with E-state index in [1.165, 1.54) is 22.4 Å². The Bertz CT molecular complexity index is 912. The number of nitrogens with zero attached hydrogens (tertiary/aromatic N) is 2. The summed E-state index contributed by atoms with van der Waals surface area (Å²) in [7, 11) is 0. The fourth-order valence-electron chi connectivity index (χ4n) is 3.99. The molecular formula is C23H26N2O. The summed E-state index contributed by atoms with van der Waals surface area (Å²) in [5, 5.41) is 10.3. The van der Waals surface area contributed by atoms with Gasteiger partial charge in [-0.2, -0.15) is 0 Å². The highest BCUT2D eigenvalue weighted by atomic mass is 16.3. The first kappa shape index (κ1) is 16.9. The van der Waals surface area contributed by atoms with E-state index < -0.39 is 0 Å². The molecule has 0 saturated carbocycles. The third-order valence-electron chi connectivity index (χ3n) is 5.57. The number of benzene rings is 2. The number of hydrogen-bond acceptors (Lipinski definition) is 2. The van der Waals surface area contributed by atoms with Crippen molar-refractivity contribution < 1.29 is 5.11 Å². The maximum Gasteiger partial charge on any atom is 0.120 e. The van der Waals surface area contributed by atoms with Gasteiger partial charge < -0.3 is 9.67 Å². The molecule has 2 heterocycles. The van der Waals surface area contributed by atoms with Gasteiger partial charge in [0.05, 0.1) is 6.04 Å². The van der Waals surface area contributed by atoms with Crippen LogP contribution in [0.3, 0.4) is 0 Å². The predicted molar refractivity (Wildman–Crippen MR) is 105 cm³/mol. The zero-order valence-electron chi connectivity index (χ0n) is 15.5. The highest BCUT2D eigenvalue weighted by Crippen LogP contribution is 2.34. The second-order valence-corrected chi connectivity index (χ2v) is 7.33. The molecule has 0 aliphatic carbocycles. The van der Waals surface area contributed by atoms with Gasteiger partial charge in [-0.25, -0.2) is 0 Å². The second-order valence-electron chi connectivity index (χ2n) is 7.33. The monoisotopic (exact) mass is 346 g/mol. The molecule has 0 unspecified atom stereocenters. The van der Waals surface area contributed by atoms with E-state index in [-0.39, 0.29) is 6.04 Å². The van der Waals surface area contributed by atoms with Crippen molar-refractivity contribution >= 4 is 0 Å². The highest BCUT2D eigenvalue weighted by molar-refractivity contribution is 5.37. The number of phenols is 1. The molecule has 4 rings (SSSR count). The van der Waals surface area contributed by atoms with Gasteiger partial charge in [-0.15, -0.1) is 0 Å². The molecule has 3 aromatic rings. The minimum atomic E-state index is 0.200. The van der Waals surface area contributed by atoms with Gasteiger partial charge in [0, 0.05) is 37.1 Å². The predicted octanol–water partition coefficient (Wildman–Crippen LogP) is 4.81. The number of phenolic OH excluding ortho intramolecular Hbond substituents is 1. The number of fused-ring (bicyclic) bond motifs is 1. The standard InChI is InChI=1S/C23H26N2O/c1-17-10-11-19(15-18(17)2)23-21-8-5-12-24(21)13-6-14-25(23)16-20-7-3-4-9-22(20)26/h3-5,7-12,15,23,26H,6,13-14,16H2,1-2H3/t23-/m1/s1. The van der Waals surface area contributed by atoms with E-state index in [0.717, 1.165) is 31.6 Å². The number of hydrogen-bond donors (Lipinski definition) is 1. The fraction of sp³-hybridized carbons (Fsp3) is 0.304.